The van der Waals surface area contributed by atoms with E-state index in [9.17, 15) is 14.7 Å². The molecule has 0 spiro atoms. The minimum absolute atomic E-state index is 0.122. The molecular weight excluding hydrogens is 392 g/mol. The summed E-state index contributed by atoms with van der Waals surface area (Å²) in [4.78, 5) is 25.3. The molecule has 0 aliphatic carbocycles. The van der Waals surface area contributed by atoms with Gasteiger partial charge in [-0.1, -0.05) is 62.2 Å². The monoisotopic (exact) mass is 424 g/mol. The Morgan fingerprint density at radius 2 is 1.90 bits per heavy atom. The number of aliphatic carboxylic acids is 1. The third kappa shape index (κ3) is 7.57. The molecule has 2 amide bonds. The van der Waals surface area contributed by atoms with Crippen LogP contribution in [0.2, 0.25) is 0 Å². The van der Waals surface area contributed by atoms with Gasteiger partial charge in [0.15, 0.2) is 6.10 Å². The van der Waals surface area contributed by atoms with Crippen LogP contribution in [0.4, 0.5) is 10.5 Å². The van der Waals surface area contributed by atoms with Gasteiger partial charge >= 0.3 is 12.0 Å². The van der Waals surface area contributed by atoms with Crippen LogP contribution in [0.15, 0.2) is 61.2 Å². The third-order valence-corrected chi connectivity index (χ3v) is 4.99. The molecular formula is C25H32N2O4. The van der Waals surface area contributed by atoms with E-state index in [1.807, 2.05) is 48.5 Å². The zero-order chi connectivity index (χ0) is 22.6. The molecule has 0 unspecified atom stereocenters. The van der Waals surface area contributed by atoms with Crippen molar-refractivity contribution in [2.24, 2.45) is 0 Å². The van der Waals surface area contributed by atoms with Crippen molar-refractivity contribution in [1.29, 1.82) is 0 Å². The molecule has 0 saturated carbocycles. The van der Waals surface area contributed by atoms with Crippen molar-refractivity contribution in [2.45, 2.75) is 38.7 Å². The van der Waals surface area contributed by atoms with Gasteiger partial charge in [-0.2, -0.15) is 0 Å². The maximum absolute atomic E-state index is 12.4. The van der Waals surface area contributed by atoms with Gasteiger partial charge in [0.05, 0.1) is 6.61 Å². The van der Waals surface area contributed by atoms with E-state index >= 15 is 0 Å². The van der Waals surface area contributed by atoms with Crippen LogP contribution >= 0.6 is 0 Å². The number of unbranched alkanes of at least 4 members (excludes halogenated alkanes) is 2. The zero-order valence-corrected chi connectivity index (χ0v) is 18.3. The summed E-state index contributed by atoms with van der Waals surface area (Å²) in [7, 11) is 1.76. The number of carboxylic acid groups (broad SMARTS) is 1. The number of urea groups is 1. The lowest BCUT2D eigenvalue weighted by atomic mass is 10.0. The Labute approximate surface area is 184 Å². The van der Waals surface area contributed by atoms with Gasteiger partial charge in [0, 0.05) is 25.7 Å². The highest BCUT2D eigenvalue weighted by Crippen LogP contribution is 2.25. The summed E-state index contributed by atoms with van der Waals surface area (Å²) in [6.45, 7) is 6.55. The molecule has 0 bridgehead atoms. The van der Waals surface area contributed by atoms with Gasteiger partial charge in [-0.05, 0) is 35.2 Å². The molecule has 0 heterocycles. The molecule has 0 aromatic heterocycles. The number of nitrogens with one attached hydrogen (secondary N) is 1. The van der Waals surface area contributed by atoms with Crippen molar-refractivity contribution in [3.05, 3.63) is 66.7 Å². The van der Waals surface area contributed by atoms with E-state index < -0.39 is 12.1 Å². The number of ether oxygens (including phenoxy) is 1. The van der Waals surface area contributed by atoms with E-state index in [1.165, 1.54) is 6.08 Å². The summed E-state index contributed by atoms with van der Waals surface area (Å²) in [5.74, 6) is -0.991. The number of rotatable bonds is 12. The second-order valence-corrected chi connectivity index (χ2v) is 7.40. The third-order valence-electron chi connectivity index (χ3n) is 4.99. The van der Waals surface area contributed by atoms with Crippen LogP contribution in [0.25, 0.3) is 11.1 Å². The fourth-order valence-electron chi connectivity index (χ4n) is 3.15. The molecule has 0 fully saturated rings. The SMILES string of the molecule is C=CCO[C@@H](Cc1ccc(-c2cccc(N(C)C(=O)NCCCCC)c2)cc1)C(=O)O. The predicted octanol–water partition coefficient (Wildman–Crippen LogP) is 4.89. The number of carbonyl (C=O) groups excluding carboxylic acids is 1. The zero-order valence-electron chi connectivity index (χ0n) is 18.3. The van der Waals surface area contributed by atoms with Gasteiger partial charge in [-0.15, -0.1) is 6.58 Å². The Morgan fingerprint density at radius 1 is 1.16 bits per heavy atom. The molecule has 2 rings (SSSR count). The van der Waals surface area contributed by atoms with Crippen LogP contribution in [0.5, 0.6) is 0 Å². The van der Waals surface area contributed by atoms with E-state index in [4.69, 9.17) is 4.74 Å². The van der Waals surface area contributed by atoms with Crippen LogP contribution < -0.4 is 10.2 Å². The molecule has 166 valence electrons. The van der Waals surface area contributed by atoms with Crippen molar-refractivity contribution in [3.63, 3.8) is 0 Å². The fraction of sp³-hybridized carbons (Fsp3) is 0.360. The second-order valence-electron chi connectivity index (χ2n) is 7.40. The average Bonchev–Trinajstić information content (AvgIpc) is 2.79. The molecule has 0 saturated heterocycles. The number of carboxylic acids is 1. The first-order valence-electron chi connectivity index (χ1n) is 10.6. The largest absolute Gasteiger partial charge is 0.479 e. The fourth-order valence-corrected chi connectivity index (χ4v) is 3.15. The van der Waals surface area contributed by atoms with Gasteiger partial charge in [0.25, 0.3) is 0 Å². The minimum atomic E-state index is -0.991. The van der Waals surface area contributed by atoms with E-state index in [0.29, 0.717) is 6.54 Å². The van der Waals surface area contributed by atoms with Crippen molar-refractivity contribution >= 4 is 17.7 Å². The quantitative estimate of drug-likeness (QED) is 0.376. The van der Waals surface area contributed by atoms with Crippen molar-refractivity contribution in [3.8, 4) is 11.1 Å². The van der Waals surface area contributed by atoms with Gasteiger partial charge in [0.2, 0.25) is 0 Å². The highest BCUT2D eigenvalue weighted by atomic mass is 16.5. The molecule has 6 heteroatoms. The Bertz CT molecular complexity index is 864. The maximum atomic E-state index is 12.4. The topological polar surface area (TPSA) is 78.9 Å². The summed E-state index contributed by atoms with van der Waals surface area (Å²) in [5, 5.41) is 12.3. The second kappa shape index (κ2) is 12.5. The summed E-state index contributed by atoms with van der Waals surface area (Å²) < 4.78 is 5.32. The Hall–Kier alpha value is -3.12. The van der Waals surface area contributed by atoms with Gasteiger partial charge in [0.1, 0.15) is 0 Å². The molecule has 2 N–H and O–H groups in total. The highest BCUT2D eigenvalue weighted by Gasteiger charge is 2.18. The number of nitrogens with zero attached hydrogens (tertiary/aromatic N) is 1. The Morgan fingerprint density at radius 3 is 2.55 bits per heavy atom. The number of amides is 2. The normalized spacial score (nSPS) is 11.5. The van der Waals surface area contributed by atoms with Crippen molar-refractivity contribution < 1.29 is 19.4 Å². The maximum Gasteiger partial charge on any atom is 0.333 e. The molecule has 6 nitrogen and oxygen atoms in total. The smallest absolute Gasteiger partial charge is 0.333 e. The van der Waals surface area contributed by atoms with E-state index in [0.717, 1.165) is 41.6 Å². The van der Waals surface area contributed by atoms with Crippen LogP contribution in [-0.4, -0.2) is 43.4 Å². The van der Waals surface area contributed by atoms with Crippen LogP contribution in [-0.2, 0) is 16.0 Å². The number of benzene rings is 2. The number of carbonyl (C=O) groups is 2. The molecule has 2 aromatic carbocycles. The lowest BCUT2D eigenvalue weighted by Gasteiger charge is -2.19. The lowest BCUT2D eigenvalue weighted by Crippen LogP contribution is -2.37. The molecule has 0 aliphatic rings. The van der Waals surface area contributed by atoms with Gasteiger partial charge < -0.3 is 15.2 Å². The molecule has 31 heavy (non-hydrogen) atoms. The summed E-state index contributed by atoms with van der Waals surface area (Å²) >= 11 is 0. The number of hydrogen-bond acceptors (Lipinski definition) is 3. The molecule has 0 aliphatic heterocycles. The number of anilines is 1. The van der Waals surface area contributed by atoms with Gasteiger partial charge in [-0.25, -0.2) is 9.59 Å². The molecule has 1 atom stereocenters. The minimum Gasteiger partial charge on any atom is -0.479 e. The van der Waals surface area contributed by atoms with E-state index in [1.54, 1.807) is 11.9 Å². The summed E-state index contributed by atoms with van der Waals surface area (Å²) in [6, 6.07) is 15.4. The van der Waals surface area contributed by atoms with Crippen LogP contribution in [0, 0.1) is 0 Å². The van der Waals surface area contributed by atoms with Crippen LogP contribution in [0.1, 0.15) is 31.7 Å². The lowest BCUT2D eigenvalue weighted by molar-refractivity contribution is -0.149. The Kier molecular flexibility index (Phi) is 9.78. The van der Waals surface area contributed by atoms with Gasteiger partial charge in [-0.3, -0.25) is 4.90 Å². The first-order valence-corrected chi connectivity index (χ1v) is 10.6. The summed E-state index contributed by atoms with van der Waals surface area (Å²) in [6.07, 6.45) is 4.11. The number of hydrogen-bond donors (Lipinski definition) is 2. The first-order chi connectivity index (χ1) is 15.0. The van der Waals surface area contributed by atoms with E-state index in [-0.39, 0.29) is 19.1 Å². The molecule has 2 aromatic rings. The molecule has 0 radical (unpaired) electrons. The van der Waals surface area contributed by atoms with E-state index in [2.05, 4.69) is 18.8 Å². The Balaban J connectivity index is 2.05. The van der Waals surface area contributed by atoms with Crippen molar-refractivity contribution in [2.75, 3.05) is 25.1 Å². The average molecular weight is 425 g/mol. The predicted molar refractivity (Wildman–Crippen MR) is 124 cm³/mol. The standard InChI is InChI=1S/C25H32N2O4/c1-4-6-7-15-26-25(30)27(3)22-10-8-9-21(18-22)20-13-11-19(12-14-20)17-23(24(28)29)31-16-5-2/h5,8-14,18,23H,2,4,6-7,15-17H2,1,3H3,(H,26,30)(H,28,29)/t23-/m0/s1. The van der Waals surface area contributed by atoms with Crippen LogP contribution in [0.3, 0.4) is 0 Å². The first kappa shape index (κ1) is 24.2. The highest BCUT2D eigenvalue weighted by molar-refractivity contribution is 5.92. The summed E-state index contributed by atoms with van der Waals surface area (Å²) in [5.41, 5.74) is 3.65. The van der Waals surface area contributed by atoms with Crippen molar-refractivity contribution in [1.82, 2.24) is 5.32 Å².